The van der Waals surface area contributed by atoms with Gasteiger partial charge in [-0.2, -0.15) is 0 Å². The van der Waals surface area contributed by atoms with Gasteiger partial charge in [0.05, 0.1) is 18.4 Å². The Labute approximate surface area is 171 Å². The number of hydroxylamine groups is 1. The lowest BCUT2D eigenvalue weighted by atomic mass is 10.1. The number of carbonyl (C=O) groups is 1. The van der Waals surface area contributed by atoms with Crippen molar-refractivity contribution in [3.8, 4) is 0 Å². The topological polar surface area (TPSA) is 109 Å². The van der Waals surface area contributed by atoms with Gasteiger partial charge < -0.3 is 5.32 Å². The molecular formula is C20H26N4O4S. The highest BCUT2D eigenvalue weighted by Crippen LogP contribution is 2.24. The number of hydrogen-bond acceptors (Lipinski definition) is 6. The summed E-state index contributed by atoms with van der Waals surface area (Å²) in [5, 5.41) is 3.21. The fourth-order valence-electron chi connectivity index (χ4n) is 3.32. The van der Waals surface area contributed by atoms with Crippen molar-refractivity contribution in [1.82, 2.24) is 10.5 Å². The van der Waals surface area contributed by atoms with Crippen molar-refractivity contribution in [3.63, 3.8) is 0 Å². The SMILES string of the molecule is CS(=O)(=O)Nc1cc(CNc2ccccc2C(=O)NOCC2CCCC2)ccn1. The second-order valence-corrected chi connectivity index (χ2v) is 8.96. The smallest absolute Gasteiger partial charge is 0.276 e. The van der Waals surface area contributed by atoms with Crippen LogP contribution in [0.1, 0.15) is 41.6 Å². The Hall–Kier alpha value is -2.65. The van der Waals surface area contributed by atoms with Gasteiger partial charge in [-0.05, 0) is 48.6 Å². The average molecular weight is 419 g/mol. The zero-order valence-corrected chi connectivity index (χ0v) is 17.2. The molecule has 8 nitrogen and oxygen atoms in total. The zero-order valence-electron chi connectivity index (χ0n) is 16.3. The standard InChI is InChI=1S/C20H26N4O4S/c1-29(26,27)24-19-12-16(10-11-21-19)13-22-18-9-5-4-8-17(18)20(25)23-28-14-15-6-2-3-7-15/h4-5,8-12,15,22H,2-3,6-7,13-14H2,1H3,(H,21,24)(H,23,25). The van der Waals surface area contributed by atoms with Gasteiger partial charge in [0, 0.05) is 18.4 Å². The normalized spacial score (nSPS) is 14.5. The summed E-state index contributed by atoms with van der Waals surface area (Å²) in [5.74, 6) is 0.462. The summed E-state index contributed by atoms with van der Waals surface area (Å²) in [6, 6.07) is 10.6. The Balaban J connectivity index is 1.58. The molecule has 0 atom stereocenters. The number of aromatic nitrogens is 1. The highest BCUT2D eigenvalue weighted by Gasteiger charge is 2.16. The molecule has 0 aliphatic heterocycles. The number of sulfonamides is 1. The molecule has 3 N–H and O–H groups in total. The summed E-state index contributed by atoms with van der Waals surface area (Å²) >= 11 is 0. The summed E-state index contributed by atoms with van der Waals surface area (Å²) in [6.07, 6.45) is 7.35. The Kier molecular flexibility index (Phi) is 7.05. The molecule has 1 aliphatic rings. The molecule has 3 rings (SSSR count). The first-order valence-electron chi connectivity index (χ1n) is 9.58. The number of pyridine rings is 1. The molecule has 1 aromatic carbocycles. The molecular weight excluding hydrogens is 392 g/mol. The fourth-order valence-corrected chi connectivity index (χ4v) is 3.81. The maximum absolute atomic E-state index is 12.5. The minimum atomic E-state index is -3.39. The van der Waals surface area contributed by atoms with Crippen LogP contribution in [0.5, 0.6) is 0 Å². The summed E-state index contributed by atoms with van der Waals surface area (Å²) in [6.45, 7) is 0.933. The van der Waals surface area contributed by atoms with Gasteiger partial charge in [-0.15, -0.1) is 0 Å². The van der Waals surface area contributed by atoms with Crippen molar-refractivity contribution in [2.24, 2.45) is 5.92 Å². The van der Waals surface area contributed by atoms with Crippen molar-refractivity contribution in [3.05, 3.63) is 53.7 Å². The summed E-state index contributed by atoms with van der Waals surface area (Å²) in [5.41, 5.74) is 4.48. The average Bonchev–Trinajstić information content (AvgIpc) is 3.19. The van der Waals surface area contributed by atoms with Crippen LogP contribution in [0.4, 0.5) is 11.5 Å². The van der Waals surface area contributed by atoms with Gasteiger partial charge in [0.15, 0.2) is 0 Å². The molecule has 9 heteroatoms. The molecule has 1 heterocycles. The highest BCUT2D eigenvalue weighted by atomic mass is 32.2. The van der Waals surface area contributed by atoms with E-state index < -0.39 is 10.0 Å². The van der Waals surface area contributed by atoms with Crippen LogP contribution in [0.25, 0.3) is 0 Å². The molecule has 0 saturated heterocycles. The third-order valence-electron chi connectivity index (χ3n) is 4.73. The van der Waals surface area contributed by atoms with E-state index in [1.165, 1.54) is 19.0 Å². The molecule has 0 unspecified atom stereocenters. The first-order valence-corrected chi connectivity index (χ1v) is 11.5. The minimum absolute atomic E-state index is 0.248. The van der Waals surface area contributed by atoms with Crippen LogP contribution in [0.3, 0.4) is 0 Å². The lowest BCUT2D eigenvalue weighted by Gasteiger charge is -2.14. The second-order valence-electron chi connectivity index (χ2n) is 7.22. The molecule has 0 spiro atoms. The first-order chi connectivity index (χ1) is 13.9. The Morgan fingerprint density at radius 3 is 2.72 bits per heavy atom. The Bertz CT molecular complexity index is 943. The van der Waals surface area contributed by atoms with E-state index in [0.29, 0.717) is 30.3 Å². The molecule has 1 amide bonds. The van der Waals surface area contributed by atoms with Crippen LogP contribution >= 0.6 is 0 Å². The van der Waals surface area contributed by atoms with E-state index in [0.717, 1.165) is 24.7 Å². The zero-order chi connectivity index (χ0) is 20.7. The number of hydrogen-bond donors (Lipinski definition) is 3. The van der Waals surface area contributed by atoms with Crippen molar-refractivity contribution >= 4 is 27.4 Å². The van der Waals surface area contributed by atoms with Crippen LogP contribution in [-0.4, -0.2) is 32.2 Å². The van der Waals surface area contributed by atoms with Crippen molar-refractivity contribution in [2.75, 3.05) is 22.9 Å². The third kappa shape index (κ3) is 6.72. The highest BCUT2D eigenvalue weighted by molar-refractivity contribution is 7.92. The maximum Gasteiger partial charge on any atom is 0.276 e. The summed E-state index contributed by atoms with van der Waals surface area (Å²) in [4.78, 5) is 21.9. The molecule has 0 bridgehead atoms. The lowest BCUT2D eigenvalue weighted by molar-refractivity contribution is 0.0172. The summed E-state index contributed by atoms with van der Waals surface area (Å²) in [7, 11) is -3.39. The van der Waals surface area contributed by atoms with Gasteiger partial charge in [-0.25, -0.2) is 18.9 Å². The van der Waals surface area contributed by atoms with E-state index >= 15 is 0 Å². The predicted octanol–water partition coefficient (Wildman–Crippen LogP) is 2.92. The van der Waals surface area contributed by atoms with Crippen LogP contribution in [0.15, 0.2) is 42.6 Å². The van der Waals surface area contributed by atoms with Crippen LogP contribution < -0.4 is 15.5 Å². The van der Waals surface area contributed by atoms with Gasteiger partial charge in [-0.3, -0.25) is 14.4 Å². The number of carbonyl (C=O) groups excluding carboxylic acids is 1. The number of nitrogens with one attached hydrogen (secondary N) is 3. The largest absolute Gasteiger partial charge is 0.380 e. The van der Waals surface area contributed by atoms with E-state index in [4.69, 9.17) is 4.84 Å². The molecule has 2 aromatic rings. The van der Waals surface area contributed by atoms with Crippen molar-refractivity contribution < 1.29 is 18.0 Å². The molecule has 1 aliphatic carbocycles. The number of nitrogens with zero attached hydrogens (tertiary/aromatic N) is 1. The maximum atomic E-state index is 12.5. The van der Waals surface area contributed by atoms with E-state index in [2.05, 4.69) is 20.5 Å². The molecule has 1 saturated carbocycles. The number of rotatable bonds is 9. The fraction of sp³-hybridized carbons (Fsp3) is 0.400. The van der Waals surface area contributed by atoms with E-state index in [9.17, 15) is 13.2 Å². The van der Waals surface area contributed by atoms with E-state index in [1.807, 2.05) is 12.1 Å². The van der Waals surface area contributed by atoms with Gasteiger partial charge in [0.1, 0.15) is 5.82 Å². The van der Waals surface area contributed by atoms with Crippen molar-refractivity contribution in [2.45, 2.75) is 32.2 Å². The third-order valence-corrected chi connectivity index (χ3v) is 5.31. The van der Waals surface area contributed by atoms with Crippen LogP contribution in [-0.2, 0) is 21.4 Å². The molecule has 1 aromatic heterocycles. The van der Waals surface area contributed by atoms with Gasteiger partial charge in [-0.1, -0.05) is 25.0 Å². The molecule has 156 valence electrons. The van der Waals surface area contributed by atoms with Gasteiger partial charge in [0.25, 0.3) is 5.91 Å². The number of amides is 1. The van der Waals surface area contributed by atoms with Gasteiger partial charge in [0.2, 0.25) is 10.0 Å². The molecule has 1 fully saturated rings. The predicted molar refractivity (Wildman–Crippen MR) is 112 cm³/mol. The monoisotopic (exact) mass is 418 g/mol. The van der Waals surface area contributed by atoms with Crippen LogP contribution in [0, 0.1) is 5.92 Å². The van der Waals surface area contributed by atoms with E-state index in [-0.39, 0.29) is 11.7 Å². The van der Waals surface area contributed by atoms with Crippen molar-refractivity contribution in [1.29, 1.82) is 0 Å². The lowest BCUT2D eigenvalue weighted by Crippen LogP contribution is -2.27. The first kappa shape index (κ1) is 21.1. The van der Waals surface area contributed by atoms with Gasteiger partial charge >= 0.3 is 0 Å². The van der Waals surface area contributed by atoms with Crippen LogP contribution in [0.2, 0.25) is 0 Å². The number of para-hydroxylation sites is 1. The molecule has 0 radical (unpaired) electrons. The molecule has 29 heavy (non-hydrogen) atoms. The number of benzene rings is 1. The van der Waals surface area contributed by atoms with E-state index in [1.54, 1.807) is 24.3 Å². The second kappa shape index (κ2) is 9.71. The Morgan fingerprint density at radius 1 is 1.21 bits per heavy atom. The minimum Gasteiger partial charge on any atom is -0.380 e. The Morgan fingerprint density at radius 2 is 1.97 bits per heavy atom. The quantitative estimate of drug-likeness (QED) is 0.540. The number of anilines is 2. The summed E-state index contributed by atoms with van der Waals surface area (Å²) < 4.78 is 25.1.